The van der Waals surface area contributed by atoms with Gasteiger partial charge in [-0.25, -0.2) is 4.79 Å². The first-order valence-electron chi connectivity index (χ1n) is 5.78. The summed E-state index contributed by atoms with van der Waals surface area (Å²) in [5.74, 6) is 0.591. The SMILES string of the molecule is Cl.O=c1ccn(C2CN3CCC2CC3)c(=O)[nH]1. The van der Waals surface area contributed by atoms with Crippen LogP contribution in [0, 0.1) is 5.92 Å². The lowest BCUT2D eigenvalue weighted by atomic mass is 9.84. The Hall–Kier alpha value is -1.07. The van der Waals surface area contributed by atoms with E-state index >= 15 is 0 Å². The minimum atomic E-state index is -0.317. The summed E-state index contributed by atoms with van der Waals surface area (Å²) in [6.07, 6.45) is 3.96. The highest BCUT2D eigenvalue weighted by Crippen LogP contribution is 2.34. The van der Waals surface area contributed by atoms with E-state index in [1.807, 2.05) is 0 Å². The molecule has 3 aliphatic heterocycles. The number of aromatic nitrogens is 2. The first kappa shape index (κ1) is 12.4. The summed E-state index contributed by atoms with van der Waals surface area (Å²) in [7, 11) is 0. The Bertz CT molecular complexity index is 502. The summed E-state index contributed by atoms with van der Waals surface area (Å²) in [4.78, 5) is 27.4. The van der Waals surface area contributed by atoms with Crippen molar-refractivity contribution in [2.45, 2.75) is 18.9 Å². The molecule has 4 rings (SSSR count). The predicted molar refractivity (Wildman–Crippen MR) is 66.8 cm³/mol. The van der Waals surface area contributed by atoms with Gasteiger partial charge in [0.1, 0.15) is 0 Å². The monoisotopic (exact) mass is 257 g/mol. The standard InChI is InChI=1S/C11H15N3O2.ClH/c15-10-3-6-14(11(16)12-10)9-7-13-4-1-8(9)2-5-13;/h3,6,8-9H,1-2,4-5,7H2,(H,12,15,16);1H. The van der Waals surface area contributed by atoms with E-state index in [0.717, 1.165) is 32.5 Å². The van der Waals surface area contributed by atoms with E-state index < -0.39 is 0 Å². The van der Waals surface area contributed by atoms with Gasteiger partial charge in [-0.1, -0.05) is 0 Å². The molecule has 5 nitrogen and oxygen atoms in total. The quantitative estimate of drug-likeness (QED) is 0.783. The van der Waals surface area contributed by atoms with Crippen LogP contribution >= 0.6 is 12.4 Å². The van der Waals surface area contributed by atoms with Gasteiger partial charge in [0.15, 0.2) is 0 Å². The number of hydrogen-bond donors (Lipinski definition) is 1. The molecule has 6 heteroatoms. The molecule has 1 N–H and O–H groups in total. The minimum absolute atomic E-state index is 0. The zero-order valence-corrected chi connectivity index (χ0v) is 10.3. The fourth-order valence-electron chi connectivity index (χ4n) is 2.94. The second kappa shape index (κ2) is 4.66. The van der Waals surface area contributed by atoms with Crippen LogP contribution in [-0.2, 0) is 0 Å². The third kappa shape index (κ3) is 2.17. The van der Waals surface area contributed by atoms with Crippen LogP contribution in [0.5, 0.6) is 0 Å². The summed E-state index contributed by atoms with van der Waals surface area (Å²) < 4.78 is 1.69. The average Bonchev–Trinajstić information content (AvgIpc) is 2.30. The molecule has 0 amide bonds. The molecule has 1 unspecified atom stereocenters. The summed E-state index contributed by atoms with van der Waals surface area (Å²) in [6, 6.07) is 1.67. The number of fused-ring (bicyclic) bond motifs is 3. The van der Waals surface area contributed by atoms with Gasteiger partial charge in [0.25, 0.3) is 5.56 Å². The average molecular weight is 258 g/mol. The number of piperidine rings is 3. The Morgan fingerprint density at radius 2 is 1.94 bits per heavy atom. The van der Waals surface area contributed by atoms with Gasteiger partial charge in [-0.3, -0.25) is 14.3 Å². The van der Waals surface area contributed by atoms with Gasteiger partial charge in [0.2, 0.25) is 0 Å². The zero-order chi connectivity index (χ0) is 11.1. The molecule has 1 aromatic heterocycles. The van der Waals surface area contributed by atoms with E-state index in [1.54, 1.807) is 10.8 Å². The number of nitrogens with one attached hydrogen (secondary N) is 1. The molecule has 1 aromatic rings. The molecule has 0 radical (unpaired) electrons. The van der Waals surface area contributed by atoms with E-state index in [-0.39, 0.29) is 29.7 Å². The summed E-state index contributed by atoms with van der Waals surface area (Å²) in [6.45, 7) is 3.25. The lowest BCUT2D eigenvalue weighted by Crippen LogP contribution is -2.50. The molecule has 0 saturated carbocycles. The summed E-state index contributed by atoms with van der Waals surface area (Å²) >= 11 is 0. The highest BCUT2D eigenvalue weighted by Gasteiger charge is 2.35. The molecule has 2 bridgehead atoms. The predicted octanol–water partition coefficient (Wildman–Crippen LogP) is 0.225. The van der Waals surface area contributed by atoms with E-state index in [9.17, 15) is 9.59 Å². The molecular weight excluding hydrogens is 242 g/mol. The highest BCUT2D eigenvalue weighted by molar-refractivity contribution is 5.85. The first-order chi connectivity index (χ1) is 7.74. The van der Waals surface area contributed by atoms with Crippen molar-refractivity contribution in [2.75, 3.05) is 19.6 Å². The molecule has 3 saturated heterocycles. The van der Waals surface area contributed by atoms with Crippen molar-refractivity contribution in [3.63, 3.8) is 0 Å². The Morgan fingerprint density at radius 3 is 2.47 bits per heavy atom. The van der Waals surface area contributed by atoms with Gasteiger partial charge in [-0.2, -0.15) is 0 Å². The molecule has 0 spiro atoms. The molecular formula is C11H16ClN3O2. The van der Waals surface area contributed by atoms with Crippen LogP contribution < -0.4 is 11.2 Å². The summed E-state index contributed by atoms with van der Waals surface area (Å²) in [5, 5.41) is 0. The molecule has 0 aliphatic carbocycles. The maximum absolute atomic E-state index is 11.7. The fourth-order valence-corrected chi connectivity index (χ4v) is 2.94. The molecule has 1 atom stereocenters. The highest BCUT2D eigenvalue weighted by atomic mass is 35.5. The van der Waals surface area contributed by atoms with Crippen LogP contribution in [0.1, 0.15) is 18.9 Å². The van der Waals surface area contributed by atoms with Crippen LogP contribution in [0.3, 0.4) is 0 Å². The largest absolute Gasteiger partial charge is 0.328 e. The van der Waals surface area contributed by atoms with Gasteiger partial charge in [-0.15, -0.1) is 12.4 Å². The van der Waals surface area contributed by atoms with Crippen LogP contribution in [0.4, 0.5) is 0 Å². The number of hydrogen-bond acceptors (Lipinski definition) is 3. The normalized spacial score (nSPS) is 30.9. The Morgan fingerprint density at radius 1 is 1.24 bits per heavy atom. The number of nitrogens with zero attached hydrogens (tertiary/aromatic N) is 2. The number of halogens is 1. The number of H-pyrrole nitrogens is 1. The molecule has 94 valence electrons. The topological polar surface area (TPSA) is 58.1 Å². The van der Waals surface area contributed by atoms with Gasteiger partial charge in [-0.05, 0) is 31.8 Å². The van der Waals surface area contributed by atoms with Crippen molar-refractivity contribution >= 4 is 12.4 Å². The Balaban J connectivity index is 0.00000108. The first-order valence-corrected chi connectivity index (χ1v) is 5.78. The van der Waals surface area contributed by atoms with Gasteiger partial charge in [0.05, 0.1) is 6.04 Å². The summed E-state index contributed by atoms with van der Waals surface area (Å²) in [5.41, 5.74) is -0.589. The van der Waals surface area contributed by atoms with Crippen LogP contribution in [0.15, 0.2) is 21.9 Å². The number of rotatable bonds is 1. The van der Waals surface area contributed by atoms with Crippen molar-refractivity contribution in [2.24, 2.45) is 5.92 Å². The van der Waals surface area contributed by atoms with Gasteiger partial charge in [0, 0.05) is 18.8 Å². The van der Waals surface area contributed by atoms with Crippen LogP contribution in [0.25, 0.3) is 0 Å². The van der Waals surface area contributed by atoms with E-state index in [0.29, 0.717) is 5.92 Å². The van der Waals surface area contributed by atoms with E-state index in [2.05, 4.69) is 9.88 Å². The van der Waals surface area contributed by atoms with Crippen molar-refractivity contribution in [1.29, 1.82) is 0 Å². The molecule has 3 aliphatic rings. The van der Waals surface area contributed by atoms with Gasteiger partial charge >= 0.3 is 5.69 Å². The van der Waals surface area contributed by atoms with Crippen molar-refractivity contribution in [3.8, 4) is 0 Å². The van der Waals surface area contributed by atoms with Crippen molar-refractivity contribution in [1.82, 2.24) is 14.5 Å². The maximum atomic E-state index is 11.7. The van der Waals surface area contributed by atoms with Gasteiger partial charge < -0.3 is 4.90 Å². The van der Waals surface area contributed by atoms with Crippen LogP contribution in [0.2, 0.25) is 0 Å². The minimum Gasteiger partial charge on any atom is -0.301 e. The second-order valence-corrected chi connectivity index (χ2v) is 4.72. The van der Waals surface area contributed by atoms with E-state index in [4.69, 9.17) is 0 Å². The molecule has 4 heterocycles. The lowest BCUT2D eigenvalue weighted by molar-refractivity contribution is 0.0547. The number of aromatic amines is 1. The molecule has 0 aromatic carbocycles. The fraction of sp³-hybridized carbons (Fsp3) is 0.636. The van der Waals surface area contributed by atoms with Crippen LogP contribution in [-0.4, -0.2) is 34.1 Å². The van der Waals surface area contributed by atoms with Crippen molar-refractivity contribution < 1.29 is 0 Å². The third-order valence-corrected chi connectivity index (χ3v) is 3.83. The zero-order valence-electron chi connectivity index (χ0n) is 9.46. The Labute approximate surface area is 105 Å². The third-order valence-electron chi connectivity index (χ3n) is 3.83. The molecule has 17 heavy (non-hydrogen) atoms. The van der Waals surface area contributed by atoms with Crippen molar-refractivity contribution in [3.05, 3.63) is 33.1 Å². The second-order valence-electron chi connectivity index (χ2n) is 4.72. The molecule has 3 fully saturated rings. The lowest BCUT2D eigenvalue weighted by Gasteiger charge is -2.45. The van der Waals surface area contributed by atoms with E-state index in [1.165, 1.54) is 6.07 Å². The smallest absolute Gasteiger partial charge is 0.301 e. The maximum Gasteiger partial charge on any atom is 0.328 e. The Kier molecular flexibility index (Phi) is 3.40.